The monoisotopic (exact) mass is 562 g/mol. The van der Waals surface area contributed by atoms with E-state index in [9.17, 15) is 0 Å². The molecule has 0 aliphatic heterocycles. The normalized spacial score (nSPS) is 20.4. The van der Waals surface area contributed by atoms with Crippen LogP contribution in [0.25, 0.3) is 5.57 Å². The molecular formula is C26H27Cl3SiZr. The summed E-state index contributed by atoms with van der Waals surface area (Å²) < 4.78 is 2.34. The van der Waals surface area contributed by atoms with Crippen LogP contribution in [0.4, 0.5) is 0 Å². The molecule has 2 atom stereocenters. The number of halogens is 3. The second-order valence-electron chi connectivity index (χ2n) is 8.87. The Bertz CT molecular complexity index is 1210. The molecule has 2 aromatic carbocycles. The summed E-state index contributed by atoms with van der Waals surface area (Å²) in [5, 5.41) is 1.82. The molecule has 0 bridgehead atoms. The van der Waals surface area contributed by atoms with Crippen molar-refractivity contribution >= 4 is 45.8 Å². The van der Waals surface area contributed by atoms with Crippen molar-refractivity contribution in [2.24, 2.45) is 5.92 Å². The quantitative estimate of drug-likeness (QED) is 0.326. The van der Waals surface area contributed by atoms with Crippen LogP contribution in [0.5, 0.6) is 0 Å². The predicted molar refractivity (Wildman–Crippen MR) is 135 cm³/mol. The minimum atomic E-state index is -2.04. The fourth-order valence-electron chi connectivity index (χ4n) is 5.16. The van der Waals surface area contributed by atoms with Crippen molar-refractivity contribution in [1.29, 1.82) is 0 Å². The first-order valence-electron chi connectivity index (χ1n) is 10.7. The van der Waals surface area contributed by atoms with Crippen molar-refractivity contribution < 1.29 is 20.4 Å². The zero-order chi connectivity index (χ0) is 22.6. The van der Waals surface area contributed by atoms with Crippen LogP contribution in [0.15, 0.2) is 62.5 Å². The van der Waals surface area contributed by atoms with Crippen molar-refractivity contribution in [3.63, 3.8) is 0 Å². The van der Waals surface area contributed by atoms with Crippen LogP contribution < -0.4 is 0 Å². The first kappa shape index (κ1) is 23.8. The van der Waals surface area contributed by atoms with Crippen LogP contribution >= 0.6 is 34.8 Å². The van der Waals surface area contributed by atoms with E-state index in [4.69, 9.17) is 34.8 Å². The van der Waals surface area contributed by atoms with E-state index in [1.54, 1.807) is 23.3 Å². The van der Waals surface area contributed by atoms with E-state index in [2.05, 4.69) is 71.1 Å². The molecule has 31 heavy (non-hydrogen) atoms. The Morgan fingerprint density at radius 3 is 2.06 bits per heavy atom. The molecule has 0 saturated carbocycles. The zero-order valence-corrected chi connectivity index (χ0v) is 24.6. The van der Waals surface area contributed by atoms with Gasteiger partial charge in [-0.15, -0.1) is 0 Å². The van der Waals surface area contributed by atoms with Gasteiger partial charge >= 0.3 is 211 Å². The molecule has 4 rings (SSSR count). The van der Waals surface area contributed by atoms with Gasteiger partial charge in [-0.05, 0) is 0 Å². The van der Waals surface area contributed by atoms with E-state index in [0.29, 0.717) is 24.6 Å². The van der Waals surface area contributed by atoms with Gasteiger partial charge < -0.3 is 0 Å². The zero-order valence-electron chi connectivity index (χ0n) is 18.8. The molecule has 2 unspecified atom stereocenters. The summed E-state index contributed by atoms with van der Waals surface area (Å²) in [6.45, 7) is 14.5. The van der Waals surface area contributed by atoms with Crippen molar-refractivity contribution in [2.75, 3.05) is 0 Å². The molecule has 0 radical (unpaired) electrons. The van der Waals surface area contributed by atoms with Crippen LogP contribution in [-0.4, -0.2) is 5.43 Å². The second-order valence-corrected chi connectivity index (χ2v) is 27.6. The molecule has 2 aliphatic rings. The van der Waals surface area contributed by atoms with E-state index in [0.717, 1.165) is 5.56 Å². The van der Waals surface area contributed by atoms with Gasteiger partial charge in [-0.1, -0.05) is 0 Å². The Kier molecular flexibility index (Phi) is 6.99. The summed E-state index contributed by atoms with van der Waals surface area (Å²) in [7, 11) is 0. The molecule has 0 nitrogen and oxygen atoms in total. The van der Waals surface area contributed by atoms with Gasteiger partial charge in [0.25, 0.3) is 0 Å². The average Bonchev–Trinajstić information content (AvgIpc) is 3.15. The van der Waals surface area contributed by atoms with Gasteiger partial charge in [0.2, 0.25) is 0 Å². The summed E-state index contributed by atoms with van der Waals surface area (Å²) in [6.07, 6.45) is 2.51. The van der Waals surface area contributed by atoms with Crippen LogP contribution in [0.2, 0.25) is 28.2 Å². The molecule has 0 aromatic heterocycles. The summed E-state index contributed by atoms with van der Waals surface area (Å²) in [5.41, 5.74) is 9.06. The molecule has 0 N–H and O–H groups in total. The molecule has 2 aromatic rings. The summed E-state index contributed by atoms with van der Waals surface area (Å²) in [4.78, 5) is 0. The fourth-order valence-corrected chi connectivity index (χ4v) is 25.9. The molecule has 0 spiro atoms. The maximum atomic E-state index is 6.68. The molecule has 5 heteroatoms. The molecular weight excluding hydrogens is 538 g/mol. The van der Waals surface area contributed by atoms with Gasteiger partial charge in [0.15, 0.2) is 0 Å². The van der Waals surface area contributed by atoms with E-state index in [1.165, 1.54) is 22.3 Å². The molecule has 160 valence electrons. The first-order chi connectivity index (χ1) is 14.6. The average molecular weight is 565 g/mol. The number of allylic oxidation sites excluding steroid dienone is 5. The second kappa shape index (κ2) is 9.11. The van der Waals surface area contributed by atoms with E-state index in [1.807, 2.05) is 3.28 Å². The summed E-state index contributed by atoms with van der Waals surface area (Å²) in [5.74, 6) is 0.585. The molecule has 0 heterocycles. The third kappa shape index (κ3) is 4.06. The van der Waals surface area contributed by atoms with Gasteiger partial charge in [-0.25, -0.2) is 0 Å². The van der Waals surface area contributed by atoms with Gasteiger partial charge in [0.05, 0.1) is 0 Å². The summed E-state index contributed by atoms with van der Waals surface area (Å²) >= 11 is 17.5. The van der Waals surface area contributed by atoms with Crippen LogP contribution in [0, 0.1) is 5.92 Å². The van der Waals surface area contributed by atoms with Crippen LogP contribution in [-0.2, 0) is 20.4 Å². The third-order valence-corrected chi connectivity index (χ3v) is 26.4. The number of hydrogen-bond acceptors (Lipinski definition) is 0. The van der Waals surface area contributed by atoms with Gasteiger partial charge in [-0.3, -0.25) is 0 Å². The van der Waals surface area contributed by atoms with E-state index >= 15 is 0 Å². The topological polar surface area (TPSA) is 0 Å². The maximum absolute atomic E-state index is 6.68. The van der Waals surface area contributed by atoms with E-state index in [-0.39, 0.29) is 0 Å². The number of fused-ring (bicyclic) bond motifs is 1. The Labute approximate surface area is 209 Å². The molecule has 2 aliphatic carbocycles. The van der Waals surface area contributed by atoms with Crippen molar-refractivity contribution in [3.8, 4) is 0 Å². The molecule has 0 fully saturated rings. The minimum absolute atomic E-state index is 0.443. The van der Waals surface area contributed by atoms with Crippen LogP contribution in [0.3, 0.4) is 0 Å². The number of rotatable bonds is 3. The van der Waals surface area contributed by atoms with Crippen LogP contribution in [0.1, 0.15) is 48.0 Å². The van der Waals surface area contributed by atoms with E-state index < -0.39 is 25.8 Å². The Morgan fingerprint density at radius 2 is 1.52 bits per heavy atom. The Morgan fingerprint density at radius 1 is 0.903 bits per heavy atom. The Hall–Kier alpha value is -0.370. The standard InChI is InChI=1S/C15H8Cl3.C9H13.C2H6Si.Zr/c16-10-7-13(17)15(14(18)8-10)12-6-5-9-3-1-2-4-11(9)12;1-6-5-7(2)9(4)8(6)3;1-3-2;/h1-8H;6H,1-4H3;1-2H3;. The molecule has 0 saturated heterocycles. The third-order valence-electron chi connectivity index (χ3n) is 6.98. The predicted octanol–water partition coefficient (Wildman–Crippen LogP) is 9.26. The van der Waals surface area contributed by atoms with Crippen molar-refractivity contribution in [2.45, 2.75) is 44.4 Å². The molecule has 0 amide bonds. The summed E-state index contributed by atoms with van der Waals surface area (Å²) in [6, 6.07) is 12.5. The Balaban J connectivity index is 1.95. The van der Waals surface area contributed by atoms with Crippen molar-refractivity contribution in [1.82, 2.24) is 0 Å². The SMILES string of the molecule is CC1=C(C)C(C)[C]([Zr]([CH]2C=C(c3c(Cl)cc(Cl)cc3Cl)c3ccccc32)=[Si](C)C)=C1C. The number of hydrogen-bond donors (Lipinski definition) is 0. The van der Waals surface area contributed by atoms with Gasteiger partial charge in [0.1, 0.15) is 0 Å². The first-order valence-corrected chi connectivity index (χ1v) is 20.6. The van der Waals surface area contributed by atoms with Crippen molar-refractivity contribution in [3.05, 3.63) is 94.2 Å². The fraction of sp³-hybridized carbons (Fsp3) is 0.308. The van der Waals surface area contributed by atoms with Gasteiger partial charge in [-0.2, -0.15) is 0 Å². The van der Waals surface area contributed by atoms with Gasteiger partial charge in [0, 0.05) is 0 Å². The number of benzene rings is 2.